The summed E-state index contributed by atoms with van der Waals surface area (Å²) < 4.78 is 41.2. The van der Waals surface area contributed by atoms with Gasteiger partial charge in [0, 0.05) is 24.8 Å². The molecule has 1 fully saturated rings. The van der Waals surface area contributed by atoms with E-state index in [0.717, 1.165) is 18.7 Å². The quantitative estimate of drug-likeness (QED) is 0.852. The molecule has 1 saturated heterocycles. The van der Waals surface area contributed by atoms with E-state index in [4.69, 9.17) is 0 Å². The summed E-state index contributed by atoms with van der Waals surface area (Å²) >= 11 is 0. The van der Waals surface area contributed by atoms with Gasteiger partial charge in [0.25, 0.3) is 0 Å². The molecule has 1 aliphatic rings. The lowest BCUT2D eigenvalue weighted by Gasteiger charge is -2.29. The van der Waals surface area contributed by atoms with E-state index >= 15 is 0 Å². The SMILES string of the molecule is Cc1cc(S(=O)(=O)NC(C)c2ccc(N3CCCCC3)cc2)ccc1F. The highest BCUT2D eigenvalue weighted by Crippen LogP contribution is 2.24. The summed E-state index contributed by atoms with van der Waals surface area (Å²) in [6, 6.07) is 11.5. The summed E-state index contributed by atoms with van der Waals surface area (Å²) in [5, 5.41) is 0. The molecular formula is C20H25FN2O2S. The van der Waals surface area contributed by atoms with Gasteiger partial charge in [-0.3, -0.25) is 0 Å². The van der Waals surface area contributed by atoms with Crippen LogP contribution in [0.5, 0.6) is 0 Å². The Labute approximate surface area is 155 Å². The van der Waals surface area contributed by atoms with E-state index in [1.807, 2.05) is 31.2 Å². The van der Waals surface area contributed by atoms with Crippen LogP contribution in [0, 0.1) is 12.7 Å². The van der Waals surface area contributed by atoms with Crippen LogP contribution in [0.15, 0.2) is 47.4 Å². The van der Waals surface area contributed by atoms with Gasteiger partial charge in [0.2, 0.25) is 10.0 Å². The molecule has 2 aromatic carbocycles. The third kappa shape index (κ3) is 4.24. The van der Waals surface area contributed by atoms with Gasteiger partial charge in [-0.25, -0.2) is 17.5 Å². The van der Waals surface area contributed by atoms with Crippen LogP contribution < -0.4 is 9.62 Å². The van der Waals surface area contributed by atoms with Gasteiger partial charge >= 0.3 is 0 Å². The summed E-state index contributed by atoms with van der Waals surface area (Å²) in [6.07, 6.45) is 3.72. The Bertz CT molecular complexity index is 860. The highest BCUT2D eigenvalue weighted by molar-refractivity contribution is 7.89. The lowest BCUT2D eigenvalue weighted by Crippen LogP contribution is -2.29. The highest BCUT2D eigenvalue weighted by Gasteiger charge is 2.19. The van der Waals surface area contributed by atoms with Gasteiger partial charge in [0.1, 0.15) is 5.82 Å². The van der Waals surface area contributed by atoms with Crippen LogP contribution in [0.2, 0.25) is 0 Å². The molecule has 0 radical (unpaired) electrons. The number of hydrogen-bond acceptors (Lipinski definition) is 3. The zero-order chi connectivity index (χ0) is 18.7. The van der Waals surface area contributed by atoms with Crippen LogP contribution in [-0.2, 0) is 10.0 Å². The lowest BCUT2D eigenvalue weighted by atomic mass is 10.1. The van der Waals surface area contributed by atoms with E-state index in [2.05, 4.69) is 9.62 Å². The number of nitrogens with one attached hydrogen (secondary N) is 1. The Kier molecular flexibility index (Phi) is 5.63. The fourth-order valence-corrected chi connectivity index (χ4v) is 4.60. The molecule has 1 atom stereocenters. The largest absolute Gasteiger partial charge is 0.372 e. The number of halogens is 1. The van der Waals surface area contributed by atoms with Crippen LogP contribution in [0.25, 0.3) is 0 Å². The Morgan fingerprint density at radius 2 is 1.69 bits per heavy atom. The average Bonchev–Trinajstić information content (AvgIpc) is 2.64. The zero-order valence-corrected chi connectivity index (χ0v) is 16.0. The molecule has 3 rings (SSSR count). The predicted molar refractivity (Wildman–Crippen MR) is 102 cm³/mol. The van der Waals surface area contributed by atoms with Gasteiger partial charge in [0.15, 0.2) is 0 Å². The first-order chi connectivity index (χ1) is 12.4. The summed E-state index contributed by atoms with van der Waals surface area (Å²) in [7, 11) is -3.70. The van der Waals surface area contributed by atoms with E-state index in [1.54, 1.807) is 6.92 Å². The third-order valence-electron chi connectivity index (χ3n) is 4.89. The molecular weight excluding hydrogens is 351 g/mol. The van der Waals surface area contributed by atoms with E-state index in [-0.39, 0.29) is 10.9 Å². The number of piperidine rings is 1. The van der Waals surface area contributed by atoms with Crippen LogP contribution >= 0.6 is 0 Å². The van der Waals surface area contributed by atoms with Gasteiger partial charge in [-0.1, -0.05) is 12.1 Å². The lowest BCUT2D eigenvalue weighted by molar-refractivity contribution is 0.565. The summed E-state index contributed by atoms with van der Waals surface area (Å²) in [5.74, 6) is -0.412. The van der Waals surface area contributed by atoms with Crippen molar-refractivity contribution >= 4 is 15.7 Å². The Morgan fingerprint density at radius 1 is 1.04 bits per heavy atom. The maximum Gasteiger partial charge on any atom is 0.241 e. The molecule has 1 heterocycles. The van der Waals surface area contributed by atoms with Gasteiger partial charge in [0.05, 0.1) is 4.90 Å². The standard InChI is InChI=1S/C20H25FN2O2S/c1-15-14-19(10-11-20(15)21)26(24,25)22-16(2)17-6-8-18(9-7-17)23-12-4-3-5-13-23/h6-11,14,16,22H,3-5,12-13H2,1-2H3. The molecule has 1 unspecified atom stereocenters. The van der Waals surface area contributed by atoms with Crippen molar-refractivity contribution in [2.45, 2.75) is 44.0 Å². The molecule has 1 aliphatic heterocycles. The molecule has 0 amide bonds. The number of aryl methyl sites for hydroxylation is 1. The van der Waals surface area contributed by atoms with Crippen LogP contribution in [0.1, 0.15) is 43.4 Å². The van der Waals surface area contributed by atoms with E-state index < -0.39 is 15.8 Å². The molecule has 0 spiro atoms. The van der Waals surface area contributed by atoms with Crippen LogP contribution in [0.4, 0.5) is 10.1 Å². The molecule has 0 aromatic heterocycles. The number of hydrogen-bond donors (Lipinski definition) is 1. The fraction of sp³-hybridized carbons (Fsp3) is 0.400. The number of benzene rings is 2. The second-order valence-electron chi connectivity index (χ2n) is 6.89. The van der Waals surface area contributed by atoms with Crippen molar-refractivity contribution in [3.05, 3.63) is 59.4 Å². The smallest absolute Gasteiger partial charge is 0.241 e. The highest BCUT2D eigenvalue weighted by atomic mass is 32.2. The first kappa shape index (κ1) is 18.9. The van der Waals surface area contributed by atoms with Crippen molar-refractivity contribution in [1.29, 1.82) is 0 Å². The molecule has 1 N–H and O–H groups in total. The van der Waals surface area contributed by atoms with Crippen molar-refractivity contribution in [3.63, 3.8) is 0 Å². The predicted octanol–water partition coefficient (Wildman–Crippen LogP) is 4.16. The summed E-state index contributed by atoms with van der Waals surface area (Å²) in [5.41, 5.74) is 2.39. The normalized spacial score (nSPS) is 16.5. The maximum absolute atomic E-state index is 13.4. The number of rotatable bonds is 5. The molecule has 0 bridgehead atoms. The van der Waals surface area contributed by atoms with Crippen LogP contribution in [-0.4, -0.2) is 21.5 Å². The Balaban J connectivity index is 1.72. The van der Waals surface area contributed by atoms with Gasteiger partial charge in [-0.15, -0.1) is 0 Å². The monoisotopic (exact) mass is 376 g/mol. The molecule has 4 nitrogen and oxygen atoms in total. The minimum Gasteiger partial charge on any atom is -0.372 e. The van der Waals surface area contributed by atoms with Gasteiger partial charge in [-0.2, -0.15) is 0 Å². The Morgan fingerprint density at radius 3 is 2.31 bits per heavy atom. The van der Waals surface area contributed by atoms with Crippen molar-refractivity contribution in [2.75, 3.05) is 18.0 Å². The number of nitrogens with zero attached hydrogens (tertiary/aromatic N) is 1. The molecule has 0 saturated carbocycles. The maximum atomic E-state index is 13.4. The first-order valence-corrected chi connectivity index (χ1v) is 10.5. The van der Waals surface area contributed by atoms with Crippen molar-refractivity contribution in [1.82, 2.24) is 4.72 Å². The molecule has 0 aliphatic carbocycles. The fourth-order valence-electron chi connectivity index (χ4n) is 3.28. The average molecular weight is 376 g/mol. The zero-order valence-electron chi connectivity index (χ0n) is 15.2. The van der Waals surface area contributed by atoms with Crippen LogP contribution in [0.3, 0.4) is 0 Å². The van der Waals surface area contributed by atoms with Crippen molar-refractivity contribution in [2.24, 2.45) is 0 Å². The number of anilines is 1. The van der Waals surface area contributed by atoms with E-state index in [9.17, 15) is 12.8 Å². The van der Waals surface area contributed by atoms with E-state index in [0.29, 0.717) is 5.56 Å². The second-order valence-corrected chi connectivity index (χ2v) is 8.61. The van der Waals surface area contributed by atoms with E-state index in [1.165, 1.54) is 43.1 Å². The molecule has 2 aromatic rings. The van der Waals surface area contributed by atoms with Gasteiger partial charge < -0.3 is 4.90 Å². The summed E-state index contributed by atoms with van der Waals surface area (Å²) in [4.78, 5) is 2.44. The molecule has 26 heavy (non-hydrogen) atoms. The number of sulfonamides is 1. The molecule has 140 valence electrons. The molecule has 6 heteroatoms. The minimum atomic E-state index is -3.70. The summed E-state index contributed by atoms with van der Waals surface area (Å²) in [6.45, 7) is 5.51. The topological polar surface area (TPSA) is 49.4 Å². The minimum absolute atomic E-state index is 0.0770. The van der Waals surface area contributed by atoms with Crippen molar-refractivity contribution < 1.29 is 12.8 Å². The second kappa shape index (κ2) is 7.76. The Hall–Kier alpha value is -1.92. The first-order valence-electron chi connectivity index (χ1n) is 9.00. The van der Waals surface area contributed by atoms with Crippen molar-refractivity contribution in [3.8, 4) is 0 Å². The third-order valence-corrected chi connectivity index (χ3v) is 6.42. The van der Waals surface area contributed by atoms with Gasteiger partial charge in [-0.05, 0) is 74.6 Å².